The lowest BCUT2D eigenvalue weighted by atomic mass is 10.1. The van der Waals surface area contributed by atoms with E-state index in [-0.39, 0.29) is 0 Å². The molecular formula is C14H10ClN3. The lowest BCUT2D eigenvalue weighted by molar-refractivity contribution is 1.31. The van der Waals surface area contributed by atoms with Gasteiger partial charge in [0.25, 0.3) is 0 Å². The van der Waals surface area contributed by atoms with Crippen molar-refractivity contribution in [3.8, 4) is 11.3 Å². The number of rotatable bonds is 1. The monoisotopic (exact) mass is 255 g/mol. The van der Waals surface area contributed by atoms with Crippen LogP contribution in [0.25, 0.3) is 22.2 Å². The Labute approximate surface area is 109 Å². The van der Waals surface area contributed by atoms with Crippen LogP contribution < -0.4 is 5.73 Å². The van der Waals surface area contributed by atoms with Crippen molar-refractivity contribution in [2.45, 2.75) is 0 Å². The van der Waals surface area contributed by atoms with Gasteiger partial charge in [-0.05, 0) is 24.3 Å². The van der Waals surface area contributed by atoms with Crippen molar-refractivity contribution >= 4 is 28.3 Å². The van der Waals surface area contributed by atoms with E-state index in [0.29, 0.717) is 10.8 Å². The minimum atomic E-state index is 0.477. The first-order chi connectivity index (χ1) is 8.74. The van der Waals surface area contributed by atoms with Crippen LogP contribution in [0.15, 0.2) is 48.7 Å². The lowest BCUT2D eigenvalue weighted by Crippen LogP contribution is -1.95. The van der Waals surface area contributed by atoms with Gasteiger partial charge in [-0.3, -0.25) is 4.98 Å². The Morgan fingerprint density at radius 2 is 1.94 bits per heavy atom. The number of nitrogens with two attached hydrogens (primary N) is 1. The van der Waals surface area contributed by atoms with Gasteiger partial charge in [0, 0.05) is 22.2 Å². The average molecular weight is 256 g/mol. The summed E-state index contributed by atoms with van der Waals surface area (Å²) >= 11 is 6.01. The second-order valence-corrected chi connectivity index (χ2v) is 4.42. The molecule has 0 unspecified atom stereocenters. The molecule has 18 heavy (non-hydrogen) atoms. The zero-order valence-corrected chi connectivity index (χ0v) is 10.2. The second-order valence-electron chi connectivity index (χ2n) is 3.98. The Kier molecular flexibility index (Phi) is 2.61. The minimum absolute atomic E-state index is 0.477. The number of pyridine rings is 2. The van der Waals surface area contributed by atoms with Crippen LogP contribution in [0.4, 0.5) is 5.82 Å². The maximum absolute atomic E-state index is 6.01. The van der Waals surface area contributed by atoms with Crippen LogP contribution in [-0.4, -0.2) is 9.97 Å². The Morgan fingerprint density at radius 1 is 1.06 bits per heavy atom. The maximum Gasteiger partial charge on any atom is 0.124 e. The lowest BCUT2D eigenvalue weighted by Gasteiger charge is -2.06. The van der Waals surface area contributed by atoms with E-state index in [1.165, 1.54) is 0 Å². The number of hydrogen-bond donors (Lipinski definition) is 1. The number of halogens is 1. The summed E-state index contributed by atoms with van der Waals surface area (Å²) in [4.78, 5) is 8.74. The third kappa shape index (κ3) is 1.89. The maximum atomic E-state index is 6.01. The van der Waals surface area contributed by atoms with E-state index in [4.69, 9.17) is 17.3 Å². The number of nitrogen functional groups attached to an aromatic ring is 1. The van der Waals surface area contributed by atoms with Gasteiger partial charge in [0.05, 0.1) is 11.2 Å². The smallest absolute Gasteiger partial charge is 0.124 e. The van der Waals surface area contributed by atoms with Crippen LogP contribution in [0.2, 0.25) is 5.02 Å². The third-order valence-electron chi connectivity index (χ3n) is 2.71. The van der Waals surface area contributed by atoms with Crippen LogP contribution in [0, 0.1) is 0 Å². The number of anilines is 1. The van der Waals surface area contributed by atoms with E-state index < -0.39 is 0 Å². The van der Waals surface area contributed by atoms with Gasteiger partial charge < -0.3 is 5.73 Å². The molecule has 0 saturated heterocycles. The number of hydrogen-bond acceptors (Lipinski definition) is 3. The summed E-state index contributed by atoms with van der Waals surface area (Å²) in [5, 5.41) is 1.64. The Hall–Kier alpha value is -2.13. The molecule has 0 radical (unpaired) electrons. The molecule has 0 saturated carbocycles. The summed E-state index contributed by atoms with van der Waals surface area (Å²) in [5.41, 5.74) is 8.33. The van der Waals surface area contributed by atoms with Crippen LogP contribution >= 0.6 is 11.6 Å². The van der Waals surface area contributed by atoms with Crippen LogP contribution in [0.5, 0.6) is 0 Å². The fourth-order valence-corrected chi connectivity index (χ4v) is 2.13. The number of benzene rings is 1. The van der Waals surface area contributed by atoms with Gasteiger partial charge in [-0.15, -0.1) is 0 Å². The summed E-state index contributed by atoms with van der Waals surface area (Å²) < 4.78 is 0. The first-order valence-corrected chi connectivity index (χ1v) is 5.89. The molecule has 3 rings (SSSR count). The van der Waals surface area contributed by atoms with Gasteiger partial charge in [-0.1, -0.05) is 29.8 Å². The largest absolute Gasteiger partial charge is 0.384 e. The van der Waals surface area contributed by atoms with Crippen molar-refractivity contribution < 1.29 is 0 Å². The van der Waals surface area contributed by atoms with E-state index in [1.807, 2.05) is 42.5 Å². The highest BCUT2D eigenvalue weighted by atomic mass is 35.5. The van der Waals surface area contributed by atoms with Gasteiger partial charge in [0.1, 0.15) is 5.82 Å². The zero-order chi connectivity index (χ0) is 12.5. The molecule has 0 fully saturated rings. The first kappa shape index (κ1) is 11.0. The summed E-state index contributed by atoms with van der Waals surface area (Å²) in [6, 6.07) is 13.2. The van der Waals surface area contributed by atoms with Gasteiger partial charge in [0.2, 0.25) is 0 Å². The predicted molar refractivity (Wildman–Crippen MR) is 74.4 cm³/mol. The zero-order valence-electron chi connectivity index (χ0n) is 9.47. The predicted octanol–water partition coefficient (Wildman–Crippen LogP) is 3.53. The molecule has 4 heteroatoms. The number of fused-ring (bicyclic) bond motifs is 1. The summed E-state index contributed by atoms with van der Waals surface area (Å²) in [6.45, 7) is 0. The van der Waals surface area contributed by atoms with Crippen LogP contribution in [0.3, 0.4) is 0 Å². The molecular weight excluding hydrogens is 246 g/mol. The molecule has 2 N–H and O–H groups in total. The van der Waals surface area contributed by atoms with Crippen molar-refractivity contribution in [1.82, 2.24) is 9.97 Å². The van der Waals surface area contributed by atoms with E-state index in [0.717, 1.165) is 22.2 Å². The van der Waals surface area contributed by atoms with Crippen LogP contribution in [-0.2, 0) is 0 Å². The fourth-order valence-electron chi connectivity index (χ4n) is 1.94. The highest BCUT2D eigenvalue weighted by Crippen LogP contribution is 2.28. The molecule has 3 aromatic rings. The van der Waals surface area contributed by atoms with Gasteiger partial charge in [0.15, 0.2) is 0 Å². The van der Waals surface area contributed by atoms with Crippen LogP contribution in [0.1, 0.15) is 0 Å². The molecule has 0 amide bonds. The minimum Gasteiger partial charge on any atom is -0.384 e. The average Bonchev–Trinajstić information content (AvgIpc) is 2.37. The molecule has 1 aromatic carbocycles. The van der Waals surface area contributed by atoms with Crippen molar-refractivity contribution in [3.63, 3.8) is 0 Å². The SMILES string of the molecule is Nc1cc2cccnc2c(-c2cccc(Cl)c2)n1. The summed E-state index contributed by atoms with van der Waals surface area (Å²) in [7, 11) is 0. The second kappa shape index (κ2) is 4.27. The highest BCUT2D eigenvalue weighted by molar-refractivity contribution is 6.30. The Balaban J connectivity index is 2.34. The summed E-state index contributed by atoms with van der Waals surface area (Å²) in [5.74, 6) is 0.477. The topological polar surface area (TPSA) is 51.8 Å². The quantitative estimate of drug-likeness (QED) is 0.724. The van der Waals surface area contributed by atoms with Gasteiger partial charge >= 0.3 is 0 Å². The number of nitrogens with zero attached hydrogens (tertiary/aromatic N) is 2. The fraction of sp³-hybridized carbons (Fsp3) is 0. The first-order valence-electron chi connectivity index (χ1n) is 5.51. The Bertz CT molecular complexity index is 725. The van der Waals surface area contributed by atoms with Crippen molar-refractivity contribution in [3.05, 3.63) is 53.7 Å². The molecule has 0 aliphatic heterocycles. The summed E-state index contributed by atoms with van der Waals surface area (Å²) in [6.07, 6.45) is 1.74. The number of aromatic nitrogens is 2. The van der Waals surface area contributed by atoms with E-state index >= 15 is 0 Å². The normalized spacial score (nSPS) is 10.7. The van der Waals surface area contributed by atoms with E-state index in [1.54, 1.807) is 6.20 Å². The van der Waals surface area contributed by atoms with Crippen molar-refractivity contribution in [1.29, 1.82) is 0 Å². The molecule has 2 aromatic heterocycles. The van der Waals surface area contributed by atoms with E-state index in [2.05, 4.69) is 9.97 Å². The molecule has 3 nitrogen and oxygen atoms in total. The molecule has 0 bridgehead atoms. The van der Waals surface area contributed by atoms with Crippen molar-refractivity contribution in [2.24, 2.45) is 0 Å². The van der Waals surface area contributed by atoms with Gasteiger partial charge in [-0.25, -0.2) is 4.98 Å². The van der Waals surface area contributed by atoms with Gasteiger partial charge in [-0.2, -0.15) is 0 Å². The molecule has 0 atom stereocenters. The molecule has 2 heterocycles. The Morgan fingerprint density at radius 3 is 2.78 bits per heavy atom. The molecule has 0 spiro atoms. The molecule has 0 aliphatic carbocycles. The van der Waals surface area contributed by atoms with Crippen molar-refractivity contribution in [2.75, 3.05) is 5.73 Å². The standard InChI is InChI=1S/C14H10ClN3/c15-11-5-1-3-9(7-11)14-13-10(4-2-6-17-13)8-12(16)18-14/h1-8H,(H2,16,18). The van der Waals surface area contributed by atoms with E-state index in [9.17, 15) is 0 Å². The third-order valence-corrected chi connectivity index (χ3v) is 2.94. The molecule has 0 aliphatic rings. The highest BCUT2D eigenvalue weighted by Gasteiger charge is 2.08. The molecule has 88 valence electrons.